The zero-order valence-corrected chi connectivity index (χ0v) is 14.9. The molecule has 2 heterocycles. The lowest BCUT2D eigenvalue weighted by Gasteiger charge is -2.20. The zero-order chi connectivity index (χ0) is 17.9. The van der Waals surface area contributed by atoms with Crippen LogP contribution >= 0.6 is 0 Å². The number of carbonyl (C=O) groups excluding carboxylic acids is 1. The smallest absolute Gasteiger partial charge is 0.360 e. The quantitative estimate of drug-likeness (QED) is 0.783. The number of nitrogens with zero attached hydrogens (tertiary/aromatic N) is 3. The maximum atomic E-state index is 12.4. The van der Waals surface area contributed by atoms with E-state index in [0.29, 0.717) is 42.9 Å². The molecule has 1 aliphatic carbocycles. The summed E-state index contributed by atoms with van der Waals surface area (Å²) in [7, 11) is 0. The molecule has 0 radical (unpaired) electrons. The van der Waals surface area contributed by atoms with Gasteiger partial charge in [-0.25, -0.2) is 9.48 Å². The number of aromatic nitrogens is 3. The number of rotatable bonds is 4. The molecule has 1 aromatic heterocycles. The van der Waals surface area contributed by atoms with Crippen molar-refractivity contribution in [3.63, 3.8) is 0 Å². The Morgan fingerprint density at radius 2 is 1.96 bits per heavy atom. The molecule has 0 atom stereocenters. The van der Waals surface area contributed by atoms with Crippen molar-refractivity contribution in [2.75, 3.05) is 19.8 Å². The first kappa shape index (κ1) is 16.9. The second-order valence-electron chi connectivity index (χ2n) is 6.87. The Morgan fingerprint density at radius 3 is 2.77 bits per heavy atom. The highest BCUT2D eigenvalue weighted by Gasteiger charge is 2.22. The third-order valence-electron chi connectivity index (χ3n) is 5.03. The third-order valence-corrected chi connectivity index (χ3v) is 5.03. The second kappa shape index (κ2) is 7.35. The fraction of sp³-hybridized carbons (Fsp3) is 0.526. The van der Waals surface area contributed by atoms with E-state index in [1.165, 1.54) is 19.3 Å². The van der Waals surface area contributed by atoms with Crippen LogP contribution in [-0.4, -0.2) is 40.8 Å². The van der Waals surface area contributed by atoms with E-state index in [2.05, 4.69) is 10.3 Å². The normalized spacial score (nSPS) is 17.1. The number of fused-ring (bicyclic) bond motifs is 1. The van der Waals surface area contributed by atoms with Crippen LogP contribution in [-0.2, 0) is 4.74 Å². The van der Waals surface area contributed by atoms with Crippen molar-refractivity contribution in [1.29, 1.82) is 0 Å². The lowest BCUT2D eigenvalue weighted by atomic mass is 9.90. The van der Waals surface area contributed by atoms with Gasteiger partial charge in [0.25, 0.3) is 0 Å². The predicted octanol–water partition coefficient (Wildman–Crippen LogP) is 3.08. The number of esters is 1. The Labute approximate surface area is 152 Å². The van der Waals surface area contributed by atoms with Crippen LogP contribution in [0.2, 0.25) is 0 Å². The number of carbonyl (C=O) groups is 1. The molecule has 1 saturated carbocycles. The molecule has 0 unspecified atom stereocenters. The van der Waals surface area contributed by atoms with Crippen molar-refractivity contribution in [2.45, 2.75) is 39.0 Å². The van der Waals surface area contributed by atoms with Crippen LogP contribution in [0.4, 0.5) is 0 Å². The molecule has 0 spiro atoms. The molecule has 7 nitrogen and oxygen atoms in total. The molecule has 1 aliphatic heterocycles. The average molecular weight is 357 g/mol. The molecule has 4 rings (SSSR count). The Bertz CT molecular complexity index is 796. The van der Waals surface area contributed by atoms with Gasteiger partial charge in [-0.05, 0) is 37.8 Å². The molecule has 0 amide bonds. The minimum absolute atomic E-state index is 0.260. The minimum Gasteiger partial charge on any atom is -0.486 e. The van der Waals surface area contributed by atoms with Gasteiger partial charge in [0.1, 0.15) is 13.2 Å². The maximum absolute atomic E-state index is 12.4. The molecule has 0 bridgehead atoms. The van der Waals surface area contributed by atoms with Gasteiger partial charge >= 0.3 is 5.97 Å². The molecule has 1 fully saturated rings. The van der Waals surface area contributed by atoms with E-state index >= 15 is 0 Å². The van der Waals surface area contributed by atoms with Gasteiger partial charge in [0.15, 0.2) is 17.2 Å². The van der Waals surface area contributed by atoms with Crippen molar-refractivity contribution in [3.8, 4) is 17.2 Å². The van der Waals surface area contributed by atoms with Gasteiger partial charge < -0.3 is 14.2 Å². The molecule has 0 saturated heterocycles. The molecular formula is C19H23N3O4. The standard InChI is InChI=1S/C19H23N3O4/c1-13-18(19(23)26-12-14-5-3-2-4-6-14)20-21-22(13)15-7-8-16-17(11-15)25-10-9-24-16/h7-8,11,14H,2-6,9-10,12H2,1H3. The lowest BCUT2D eigenvalue weighted by molar-refractivity contribution is 0.0402. The van der Waals surface area contributed by atoms with Gasteiger partial charge in [0.2, 0.25) is 0 Å². The van der Waals surface area contributed by atoms with Crippen LogP contribution in [0.15, 0.2) is 18.2 Å². The lowest BCUT2D eigenvalue weighted by Crippen LogP contribution is -2.17. The van der Waals surface area contributed by atoms with Gasteiger partial charge in [-0.1, -0.05) is 24.5 Å². The van der Waals surface area contributed by atoms with Crippen molar-refractivity contribution in [1.82, 2.24) is 15.0 Å². The van der Waals surface area contributed by atoms with Crippen LogP contribution in [0.5, 0.6) is 11.5 Å². The first-order chi connectivity index (χ1) is 12.7. The highest BCUT2D eigenvalue weighted by atomic mass is 16.6. The van der Waals surface area contributed by atoms with Gasteiger partial charge in [0, 0.05) is 6.07 Å². The van der Waals surface area contributed by atoms with Crippen molar-refractivity contribution in [2.24, 2.45) is 5.92 Å². The molecule has 0 N–H and O–H groups in total. The van der Waals surface area contributed by atoms with Gasteiger partial charge in [0.05, 0.1) is 18.0 Å². The highest BCUT2D eigenvalue weighted by Crippen LogP contribution is 2.32. The van der Waals surface area contributed by atoms with E-state index in [1.54, 1.807) is 4.68 Å². The van der Waals surface area contributed by atoms with Crippen molar-refractivity contribution in [3.05, 3.63) is 29.6 Å². The average Bonchev–Trinajstić information content (AvgIpc) is 3.08. The second-order valence-corrected chi connectivity index (χ2v) is 6.87. The van der Waals surface area contributed by atoms with Crippen LogP contribution < -0.4 is 9.47 Å². The van der Waals surface area contributed by atoms with E-state index in [1.807, 2.05) is 25.1 Å². The SMILES string of the molecule is Cc1c(C(=O)OCC2CCCCC2)nnn1-c1ccc2c(c1)OCCO2. The number of ether oxygens (including phenoxy) is 3. The molecule has 26 heavy (non-hydrogen) atoms. The molecule has 1 aromatic carbocycles. The Morgan fingerprint density at radius 1 is 1.19 bits per heavy atom. The molecule has 7 heteroatoms. The van der Waals surface area contributed by atoms with Crippen molar-refractivity contribution >= 4 is 5.97 Å². The highest BCUT2D eigenvalue weighted by molar-refractivity contribution is 5.88. The topological polar surface area (TPSA) is 75.5 Å². The maximum Gasteiger partial charge on any atom is 0.360 e. The largest absolute Gasteiger partial charge is 0.486 e. The molecule has 138 valence electrons. The fourth-order valence-corrected chi connectivity index (χ4v) is 3.54. The predicted molar refractivity (Wildman–Crippen MR) is 93.9 cm³/mol. The van der Waals surface area contributed by atoms with Gasteiger partial charge in [-0.15, -0.1) is 5.10 Å². The third kappa shape index (κ3) is 3.38. The summed E-state index contributed by atoms with van der Waals surface area (Å²) in [5.41, 5.74) is 1.68. The molecule has 2 aromatic rings. The minimum atomic E-state index is -0.406. The molecule has 2 aliphatic rings. The van der Waals surface area contributed by atoms with Gasteiger partial charge in [-0.2, -0.15) is 0 Å². The van der Waals surface area contributed by atoms with E-state index in [9.17, 15) is 4.79 Å². The van der Waals surface area contributed by atoms with Crippen LogP contribution in [0.1, 0.15) is 48.3 Å². The first-order valence-electron chi connectivity index (χ1n) is 9.22. The summed E-state index contributed by atoms with van der Waals surface area (Å²) in [5.74, 6) is 1.45. The summed E-state index contributed by atoms with van der Waals surface area (Å²) < 4.78 is 18.2. The number of benzene rings is 1. The van der Waals surface area contributed by atoms with E-state index < -0.39 is 5.97 Å². The van der Waals surface area contributed by atoms with Crippen LogP contribution in [0.3, 0.4) is 0 Å². The molecular weight excluding hydrogens is 334 g/mol. The summed E-state index contributed by atoms with van der Waals surface area (Å²) in [4.78, 5) is 12.4. The summed E-state index contributed by atoms with van der Waals surface area (Å²) in [6.07, 6.45) is 6.00. The Hall–Kier alpha value is -2.57. The van der Waals surface area contributed by atoms with Crippen LogP contribution in [0, 0.1) is 12.8 Å². The van der Waals surface area contributed by atoms with Crippen molar-refractivity contribution < 1.29 is 19.0 Å². The Balaban J connectivity index is 1.48. The fourth-order valence-electron chi connectivity index (χ4n) is 3.54. The van der Waals surface area contributed by atoms with E-state index in [-0.39, 0.29) is 5.69 Å². The summed E-state index contributed by atoms with van der Waals surface area (Å²) in [6.45, 7) is 3.35. The zero-order valence-electron chi connectivity index (χ0n) is 14.9. The van der Waals surface area contributed by atoms with E-state index in [4.69, 9.17) is 14.2 Å². The first-order valence-corrected chi connectivity index (χ1v) is 9.22. The summed E-state index contributed by atoms with van der Waals surface area (Å²) in [5, 5.41) is 8.15. The number of hydrogen-bond acceptors (Lipinski definition) is 6. The monoisotopic (exact) mass is 357 g/mol. The number of hydrogen-bond donors (Lipinski definition) is 0. The van der Waals surface area contributed by atoms with E-state index in [0.717, 1.165) is 18.5 Å². The Kier molecular flexibility index (Phi) is 4.77. The summed E-state index contributed by atoms with van der Waals surface area (Å²) >= 11 is 0. The van der Waals surface area contributed by atoms with Gasteiger partial charge in [-0.3, -0.25) is 0 Å². The van der Waals surface area contributed by atoms with Crippen LogP contribution in [0.25, 0.3) is 5.69 Å². The summed E-state index contributed by atoms with van der Waals surface area (Å²) in [6, 6.07) is 5.55.